The molecule has 0 unspecified atom stereocenters. The fourth-order valence-electron chi connectivity index (χ4n) is 1.59. The minimum Gasteiger partial charge on any atom is -0.382 e. The van der Waals surface area contributed by atoms with Crippen molar-refractivity contribution in [2.75, 3.05) is 26.4 Å². The van der Waals surface area contributed by atoms with Gasteiger partial charge in [0, 0.05) is 0 Å². The minimum atomic E-state index is -3.23. The van der Waals surface area contributed by atoms with E-state index in [4.69, 9.17) is 18.6 Å². The Morgan fingerprint density at radius 1 is 1.24 bits per heavy atom. The number of rotatable bonds is 9. The fraction of sp³-hybridized carbons (Fsp3) is 0.545. The second-order valence-electron chi connectivity index (χ2n) is 3.83. The monoisotopic (exact) mass is 316 g/mol. The number of fused-ring (bicyclic) bond motifs is 1. The molecular weight excluding hydrogens is 299 g/mol. The Hall–Kier alpha value is -1.54. The topological polar surface area (TPSA) is 97.6 Å². The SMILES string of the molecule is CCOP(=O)(COCOn1cnc2cncnc21)OCC. The zero-order chi connectivity index (χ0) is 15.1. The molecule has 116 valence electrons. The van der Waals surface area contributed by atoms with E-state index in [2.05, 4.69) is 15.0 Å². The summed E-state index contributed by atoms with van der Waals surface area (Å²) in [4.78, 5) is 17.3. The zero-order valence-corrected chi connectivity index (χ0v) is 12.7. The summed E-state index contributed by atoms with van der Waals surface area (Å²) >= 11 is 0. The van der Waals surface area contributed by atoms with Crippen molar-refractivity contribution in [2.24, 2.45) is 0 Å². The third-order valence-electron chi connectivity index (χ3n) is 2.36. The third kappa shape index (κ3) is 4.21. The van der Waals surface area contributed by atoms with Crippen molar-refractivity contribution in [1.82, 2.24) is 19.7 Å². The van der Waals surface area contributed by atoms with Crippen LogP contribution in [0.2, 0.25) is 0 Å². The maximum Gasteiger partial charge on any atom is 0.356 e. The highest BCUT2D eigenvalue weighted by atomic mass is 31.2. The van der Waals surface area contributed by atoms with Crippen molar-refractivity contribution >= 4 is 18.8 Å². The van der Waals surface area contributed by atoms with Crippen LogP contribution in [-0.2, 0) is 18.3 Å². The molecule has 0 aromatic carbocycles. The fourth-order valence-corrected chi connectivity index (χ4v) is 2.90. The molecule has 0 N–H and O–H groups in total. The van der Waals surface area contributed by atoms with Gasteiger partial charge in [0.05, 0.1) is 19.4 Å². The Morgan fingerprint density at radius 2 is 2.00 bits per heavy atom. The summed E-state index contributed by atoms with van der Waals surface area (Å²) < 4.78 is 28.9. The Morgan fingerprint density at radius 3 is 2.71 bits per heavy atom. The number of ether oxygens (including phenoxy) is 1. The van der Waals surface area contributed by atoms with E-state index in [1.54, 1.807) is 20.0 Å². The number of hydrogen-bond acceptors (Lipinski definition) is 8. The van der Waals surface area contributed by atoms with Gasteiger partial charge in [-0.05, 0) is 13.8 Å². The van der Waals surface area contributed by atoms with Gasteiger partial charge in [0.1, 0.15) is 18.2 Å². The van der Waals surface area contributed by atoms with Crippen LogP contribution < -0.4 is 4.84 Å². The van der Waals surface area contributed by atoms with E-state index in [9.17, 15) is 4.57 Å². The predicted molar refractivity (Wildman–Crippen MR) is 73.6 cm³/mol. The lowest BCUT2D eigenvalue weighted by atomic mass is 10.6. The van der Waals surface area contributed by atoms with Crippen LogP contribution in [0.25, 0.3) is 11.2 Å². The van der Waals surface area contributed by atoms with Crippen LogP contribution >= 0.6 is 7.60 Å². The molecule has 0 aliphatic heterocycles. The number of aromatic nitrogens is 4. The summed E-state index contributed by atoms with van der Waals surface area (Å²) in [6.45, 7) is 3.90. The van der Waals surface area contributed by atoms with E-state index >= 15 is 0 Å². The summed E-state index contributed by atoms with van der Waals surface area (Å²) in [5.41, 5.74) is 1.12. The second kappa shape index (κ2) is 7.46. The van der Waals surface area contributed by atoms with Crippen LogP contribution in [0.5, 0.6) is 0 Å². The van der Waals surface area contributed by atoms with Crippen LogP contribution in [-0.4, -0.2) is 46.0 Å². The van der Waals surface area contributed by atoms with Crippen LogP contribution in [0.1, 0.15) is 13.8 Å². The van der Waals surface area contributed by atoms with E-state index in [1.165, 1.54) is 17.4 Å². The lowest BCUT2D eigenvalue weighted by Gasteiger charge is -2.16. The molecule has 0 saturated heterocycles. The molecule has 0 atom stereocenters. The van der Waals surface area contributed by atoms with Crippen LogP contribution in [0.15, 0.2) is 18.9 Å². The molecule has 0 amide bonds. The van der Waals surface area contributed by atoms with Crippen LogP contribution in [0.3, 0.4) is 0 Å². The van der Waals surface area contributed by atoms with Gasteiger partial charge in [0.2, 0.25) is 6.79 Å². The molecule has 2 rings (SSSR count). The van der Waals surface area contributed by atoms with Gasteiger partial charge in [0.25, 0.3) is 0 Å². The molecule has 0 spiro atoms. The highest BCUT2D eigenvalue weighted by molar-refractivity contribution is 7.53. The average molecular weight is 316 g/mol. The van der Waals surface area contributed by atoms with Gasteiger partial charge in [-0.3, -0.25) is 4.57 Å². The lowest BCUT2D eigenvalue weighted by molar-refractivity contribution is -0.0469. The predicted octanol–water partition coefficient (Wildman–Crippen LogP) is 1.45. The highest BCUT2D eigenvalue weighted by Gasteiger charge is 2.23. The van der Waals surface area contributed by atoms with Gasteiger partial charge in [-0.2, -0.15) is 0 Å². The van der Waals surface area contributed by atoms with Crippen molar-refractivity contribution in [1.29, 1.82) is 0 Å². The maximum atomic E-state index is 12.1. The molecule has 0 radical (unpaired) electrons. The molecule has 0 aliphatic rings. The molecule has 0 aliphatic carbocycles. The van der Waals surface area contributed by atoms with E-state index in [0.29, 0.717) is 11.2 Å². The third-order valence-corrected chi connectivity index (χ3v) is 4.16. The van der Waals surface area contributed by atoms with Gasteiger partial charge < -0.3 is 18.6 Å². The quantitative estimate of drug-likeness (QED) is 0.389. The molecule has 9 nitrogen and oxygen atoms in total. The zero-order valence-electron chi connectivity index (χ0n) is 11.8. The Labute approximate surface area is 121 Å². The van der Waals surface area contributed by atoms with Crippen molar-refractivity contribution in [3.05, 3.63) is 18.9 Å². The summed E-state index contributed by atoms with van der Waals surface area (Å²) in [6.07, 6.45) is 4.23. The maximum absolute atomic E-state index is 12.1. The lowest BCUT2D eigenvalue weighted by Crippen LogP contribution is -2.16. The molecule has 10 heteroatoms. The molecule has 2 heterocycles. The Kier molecular flexibility index (Phi) is 5.63. The first-order valence-electron chi connectivity index (χ1n) is 6.40. The Balaban J connectivity index is 1.85. The smallest absolute Gasteiger partial charge is 0.356 e. The van der Waals surface area contributed by atoms with Crippen molar-refractivity contribution in [2.45, 2.75) is 13.8 Å². The summed E-state index contributed by atoms with van der Waals surface area (Å²) in [7, 11) is -3.23. The largest absolute Gasteiger partial charge is 0.382 e. The standard InChI is InChI=1S/C11H17N4O5P/c1-3-19-21(16,20-4-2)9-17-8-18-15-7-14-10-5-12-6-13-11(10)15/h5-7H,3-4,8-9H2,1-2H3. The Bertz CT molecular complexity index is 609. The second-order valence-corrected chi connectivity index (χ2v) is 5.82. The summed E-state index contributed by atoms with van der Waals surface area (Å²) in [5, 5.41) is 0. The number of nitrogens with zero attached hydrogens (tertiary/aromatic N) is 4. The summed E-state index contributed by atoms with van der Waals surface area (Å²) in [5.74, 6) is 0. The number of imidazole rings is 1. The van der Waals surface area contributed by atoms with Gasteiger partial charge >= 0.3 is 7.60 Å². The molecular formula is C11H17N4O5P. The highest BCUT2D eigenvalue weighted by Crippen LogP contribution is 2.47. The minimum absolute atomic E-state index is 0.139. The van der Waals surface area contributed by atoms with Gasteiger partial charge in [0.15, 0.2) is 12.0 Å². The number of hydrogen-bond donors (Lipinski definition) is 0. The van der Waals surface area contributed by atoms with Gasteiger partial charge in [-0.25, -0.2) is 15.0 Å². The van der Waals surface area contributed by atoms with E-state index in [-0.39, 0.29) is 26.4 Å². The van der Waals surface area contributed by atoms with Gasteiger partial charge in [-0.15, -0.1) is 4.73 Å². The molecule has 21 heavy (non-hydrogen) atoms. The van der Waals surface area contributed by atoms with E-state index in [0.717, 1.165) is 0 Å². The first-order valence-corrected chi connectivity index (χ1v) is 8.13. The molecule has 0 fully saturated rings. The van der Waals surface area contributed by atoms with Crippen LogP contribution in [0.4, 0.5) is 0 Å². The molecule has 2 aromatic rings. The van der Waals surface area contributed by atoms with E-state index < -0.39 is 7.60 Å². The van der Waals surface area contributed by atoms with Crippen molar-refractivity contribution in [3.8, 4) is 0 Å². The summed E-state index contributed by atoms with van der Waals surface area (Å²) in [6, 6.07) is 0. The molecule has 2 aromatic heterocycles. The normalized spacial score (nSPS) is 11.9. The average Bonchev–Trinajstić information content (AvgIpc) is 2.88. The molecule has 0 saturated carbocycles. The van der Waals surface area contributed by atoms with Crippen LogP contribution in [0, 0.1) is 0 Å². The molecule has 0 bridgehead atoms. The first-order chi connectivity index (χ1) is 10.2. The van der Waals surface area contributed by atoms with E-state index in [1.807, 2.05) is 0 Å². The van der Waals surface area contributed by atoms with Gasteiger partial charge in [-0.1, -0.05) is 0 Å². The first kappa shape index (κ1) is 15.8. The van der Waals surface area contributed by atoms with Crippen molar-refractivity contribution in [3.63, 3.8) is 0 Å². The van der Waals surface area contributed by atoms with Crippen molar-refractivity contribution < 1.29 is 23.2 Å².